The van der Waals surface area contributed by atoms with Crippen molar-refractivity contribution in [1.29, 1.82) is 0 Å². The van der Waals surface area contributed by atoms with E-state index in [1.54, 1.807) is 48.7 Å². The van der Waals surface area contributed by atoms with E-state index in [2.05, 4.69) is 54.2 Å². The molecule has 4 aromatic rings. The molecule has 4 aromatic carbocycles. The van der Waals surface area contributed by atoms with Crippen LogP contribution in [0.15, 0.2) is 36.4 Å². The van der Waals surface area contributed by atoms with Gasteiger partial charge in [0, 0.05) is 47.4 Å². The van der Waals surface area contributed by atoms with Crippen molar-refractivity contribution >= 4 is 0 Å². The van der Waals surface area contributed by atoms with E-state index >= 15 is 0 Å². The number of phenols is 1. The smallest absolute Gasteiger partial charge is 0.169 e. The minimum Gasteiger partial charge on any atom is -0.504 e. The van der Waals surface area contributed by atoms with Gasteiger partial charge in [0.1, 0.15) is 5.75 Å². The quantitative estimate of drug-likeness (QED) is 0.214. The van der Waals surface area contributed by atoms with Gasteiger partial charge in [-0.1, -0.05) is 0 Å². The van der Waals surface area contributed by atoms with Gasteiger partial charge in [0.05, 0.1) is 42.7 Å². The number of likely N-dealkylation sites (N-methyl/N-ethyl adjacent to an activating group) is 2. The summed E-state index contributed by atoms with van der Waals surface area (Å²) in [6.07, 6.45) is 3.05. The Labute approximate surface area is 293 Å². The first-order chi connectivity index (χ1) is 24.2. The molecule has 4 aliphatic rings. The van der Waals surface area contributed by atoms with Crippen LogP contribution in [-0.4, -0.2) is 78.2 Å². The average molecular weight is 681 g/mol. The van der Waals surface area contributed by atoms with E-state index in [4.69, 9.17) is 33.2 Å². The molecular weight excluding hydrogens is 636 g/mol. The molecule has 2 bridgehead atoms. The SMILES string of the molecule is COc1cc2c(cc1OC)[C@H]1Cc3c(Oc4cc5c(cc4OC)-c4c(OC)c(OC)cc6c4[C@H](C5)N(C)CC6)cc(OC)c(O)c3[C@@H](C2)N1C. The fourth-order valence-electron chi connectivity index (χ4n) is 8.88. The Kier molecular flexibility index (Phi) is 7.91. The third-order valence-corrected chi connectivity index (χ3v) is 11.4. The molecule has 50 heavy (non-hydrogen) atoms. The summed E-state index contributed by atoms with van der Waals surface area (Å²) in [5.41, 5.74) is 9.94. The second-order valence-electron chi connectivity index (χ2n) is 13.6. The number of nitrogens with zero attached hydrogens (tertiary/aromatic N) is 2. The highest BCUT2D eigenvalue weighted by molar-refractivity contribution is 5.85. The van der Waals surface area contributed by atoms with E-state index in [-0.39, 0.29) is 23.9 Å². The van der Waals surface area contributed by atoms with E-state index in [9.17, 15) is 5.11 Å². The molecule has 0 amide bonds. The molecule has 0 fully saturated rings. The lowest BCUT2D eigenvalue weighted by Crippen LogP contribution is -2.40. The van der Waals surface area contributed by atoms with Crippen molar-refractivity contribution in [2.24, 2.45) is 0 Å². The predicted octanol–water partition coefficient (Wildman–Crippen LogP) is 6.81. The summed E-state index contributed by atoms with van der Waals surface area (Å²) in [4.78, 5) is 4.75. The number of methoxy groups -OCH3 is 6. The summed E-state index contributed by atoms with van der Waals surface area (Å²) in [5.74, 6) is 5.18. The molecule has 262 valence electrons. The Hall–Kier alpha value is -4.80. The topological polar surface area (TPSA) is 91.3 Å². The highest BCUT2D eigenvalue weighted by Gasteiger charge is 2.43. The van der Waals surface area contributed by atoms with Gasteiger partial charge in [-0.2, -0.15) is 0 Å². The van der Waals surface area contributed by atoms with Crippen molar-refractivity contribution < 1.29 is 38.3 Å². The maximum Gasteiger partial charge on any atom is 0.169 e. The van der Waals surface area contributed by atoms with E-state index < -0.39 is 0 Å². The Morgan fingerprint density at radius 3 is 1.92 bits per heavy atom. The number of hydrogen-bond acceptors (Lipinski definition) is 10. The normalized spacial score (nSPS) is 20.1. The highest BCUT2D eigenvalue weighted by Crippen LogP contribution is 2.57. The van der Waals surface area contributed by atoms with Crippen molar-refractivity contribution in [3.05, 3.63) is 75.3 Å². The summed E-state index contributed by atoms with van der Waals surface area (Å²) in [6, 6.07) is 12.4. The van der Waals surface area contributed by atoms with Crippen molar-refractivity contribution in [2.75, 3.05) is 63.3 Å². The Bertz CT molecular complexity index is 2030. The minimum atomic E-state index is -0.104. The molecule has 3 aliphatic heterocycles. The number of fused-ring (bicyclic) bond motifs is 8. The molecule has 10 nitrogen and oxygen atoms in total. The third kappa shape index (κ3) is 4.68. The van der Waals surface area contributed by atoms with Crippen LogP contribution in [0.3, 0.4) is 0 Å². The first-order valence-corrected chi connectivity index (χ1v) is 17.0. The molecule has 0 spiro atoms. The lowest BCUT2D eigenvalue weighted by Gasteiger charge is -2.46. The highest BCUT2D eigenvalue weighted by atomic mass is 16.5. The Morgan fingerprint density at radius 1 is 0.580 bits per heavy atom. The molecule has 8 rings (SSSR count). The van der Waals surface area contributed by atoms with Crippen LogP contribution in [0.4, 0.5) is 0 Å². The largest absolute Gasteiger partial charge is 0.504 e. The van der Waals surface area contributed by atoms with Gasteiger partial charge < -0.3 is 38.3 Å². The Morgan fingerprint density at radius 2 is 1.22 bits per heavy atom. The van der Waals surface area contributed by atoms with Gasteiger partial charge in [-0.05, 0) is 103 Å². The van der Waals surface area contributed by atoms with Crippen LogP contribution in [0.25, 0.3) is 11.1 Å². The summed E-state index contributed by atoms with van der Waals surface area (Å²) >= 11 is 0. The average Bonchev–Trinajstić information content (AvgIpc) is 3.13. The fraction of sp³-hybridized carbons (Fsp3) is 0.400. The van der Waals surface area contributed by atoms with Crippen LogP contribution < -0.4 is 33.2 Å². The van der Waals surface area contributed by atoms with Gasteiger partial charge in [0.25, 0.3) is 0 Å². The summed E-state index contributed by atoms with van der Waals surface area (Å²) < 4.78 is 41.9. The van der Waals surface area contributed by atoms with Crippen LogP contribution in [0.5, 0.6) is 51.7 Å². The zero-order chi connectivity index (χ0) is 35.0. The number of ether oxygens (including phenoxy) is 7. The molecule has 3 heterocycles. The maximum atomic E-state index is 11.6. The second-order valence-corrected chi connectivity index (χ2v) is 13.6. The number of hydrogen-bond donors (Lipinski definition) is 1. The summed E-state index contributed by atoms with van der Waals surface area (Å²) in [6.45, 7) is 0.958. The maximum absolute atomic E-state index is 11.6. The van der Waals surface area contributed by atoms with Gasteiger partial charge in [0.2, 0.25) is 0 Å². The van der Waals surface area contributed by atoms with E-state index in [0.717, 1.165) is 58.7 Å². The number of aromatic hydroxyl groups is 1. The molecule has 0 unspecified atom stereocenters. The van der Waals surface area contributed by atoms with Crippen molar-refractivity contribution in [3.63, 3.8) is 0 Å². The van der Waals surface area contributed by atoms with Crippen LogP contribution in [0.2, 0.25) is 0 Å². The first kappa shape index (κ1) is 32.4. The molecule has 1 N–H and O–H groups in total. The van der Waals surface area contributed by atoms with Gasteiger partial charge in [-0.15, -0.1) is 0 Å². The molecule has 0 saturated carbocycles. The molecule has 0 radical (unpaired) electrons. The first-order valence-electron chi connectivity index (χ1n) is 17.0. The standard InChI is InChI=1S/C40H44N2O8/c1-41-10-9-20-13-35(48-7)40(49-8)38-24-18-32(46-5)33(15-22(24)11-27(41)36(20)38)50-29-19-34(47-6)39(43)37-25(29)16-26-23-17-31(45-4)30(44-3)14-21(23)12-28(37)42(26)2/h13-15,17-19,26-28,43H,9-12,16H2,1-8H3/t26-,27+,28-/m1/s1. The van der Waals surface area contributed by atoms with E-state index in [0.29, 0.717) is 47.3 Å². The van der Waals surface area contributed by atoms with Crippen molar-refractivity contribution in [1.82, 2.24) is 9.80 Å². The third-order valence-electron chi connectivity index (χ3n) is 11.4. The number of rotatable bonds is 8. The molecule has 0 saturated heterocycles. The van der Waals surface area contributed by atoms with Gasteiger partial charge in [-0.25, -0.2) is 0 Å². The minimum absolute atomic E-state index is 0.0339. The zero-order valence-corrected chi connectivity index (χ0v) is 29.9. The van der Waals surface area contributed by atoms with Crippen molar-refractivity contribution in [3.8, 4) is 62.9 Å². The predicted molar refractivity (Wildman–Crippen MR) is 189 cm³/mol. The lowest BCUT2D eigenvalue weighted by atomic mass is 9.76. The van der Waals surface area contributed by atoms with Gasteiger partial charge >= 0.3 is 0 Å². The summed E-state index contributed by atoms with van der Waals surface area (Å²) in [7, 11) is 14.2. The van der Waals surface area contributed by atoms with Gasteiger partial charge in [-0.3, -0.25) is 9.80 Å². The van der Waals surface area contributed by atoms with Crippen LogP contribution in [0, 0.1) is 0 Å². The zero-order valence-electron chi connectivity index (χ0n) is 29.9. The fourth-order valence-corrected chi connectivity index (χ4v) is 8.88. The molecule has 1 aliphatic carbocycles. The molecule has 10 heteroatoms. The number of benzene rings is 4. The van der Waals surface area contributed by atoms with Crippen LogP contribution in [-0.2, 0) is 25.7 Å². The van der Waals surface area contributed by atoms with E-state index in [1.807, 2.05) is 0 Å². The van der Waals surface area contributed by atoms with Gasteiger partial charge in [0.15, 0.2) is 46.0 Å². The molecule has 3 atom stereocenters. The molecular formula is C40H44N2O8. The summed E-state index contributed by atoms with van der Waals surface area (Å²) in [5, 5.41) is 11.6. The monoisotopic (exact) mass is 680 g/mol. The van der Waals surface area contributed by atoms with Crippen LogP contribution >= 0.6 is 0 Å². The van der Waals surface area contributed by atoms with E-state index in [1.165, 1.54) is 22.3 Å². The second kappa shape index (κ2) is 12.2. The van der Waals surface area contributed by atoms with Crippen LogP contribution in [0.1, 0.15) is 57.1 Å². The number of phenolic OH excluding ortho intramolecular Hbond substituents is 1. The molecule has 0 aromatic heterocycles. The lowest BCUT2D eigenvalue weighted by molar-refractivity contribution is 0.132. The Balaban J connectivity index is 1.26. The van der Waals surface area contributed by atoms with Crippen molar-refractivity contribution in [2.45, 2.75) is 43.8 Å².